The number of benzene rings is 2. The second-order valence-electron chi connectivity index (χ2n) is 6.87. The van der Waals surface area contributed by atoms with Crippen LogP contribution in [0.15, 0.2) is 53.1 Å². The molecule has 6 nitrogen and oxygen atoms in total. The molecule has 6 heteroatoms. The molecular formula is C20H21N3O3. The predicted molar refractivity (Wildman–Crippen MR) is 98.9 cm³/mol. The highest BCUT2D eigenvalue weighted by Gasteiger charge is 2.21. The molecule has 1 amide bonds. The van der Waals surface area contributed by atoms with Crippen molar-refractivity contribution >= 4 is 5.91 Å². The third-order valence-electron chi connectivity index (χ3n) is 3.66. The molecule has 0 aliphatic carbocycles. The number of amides is 1. The van der Waals surface area contributed by atoms with Crippen LogP contribution >= 0.6 is 0 Å². The van der Waals surface area contributed by atoms with Crippen LogP contribution in [0.3, 0.4) is 0 Å². The van der Waals surface area contributed by atoms with Crippen molar-refractivity contribution in [2.75, 3.05) is 7.11 Å². The molecule has 3 aromatic rings. The van der Waals surface area contributed by atoms with Crippen molar-refractivity contribution in [3.8, 4) is 28.6 Å². The normalized spacial score (nSPS) is 11.2. The second kappa shape index (κ2) is 7.00. The van der Waals surface area contributed by atoms with Crippen LogP contribution in [0.5, 0.6) is 5.75 Å². The maximum atomic E-state index is 12.6. The van der Waals surface area contributed by atoms with Gasteiger partial charge >= 0.3 is 0 Å². The van der Waals surface area contributed by atoms with E-state index >= 15 is 0 Å². The van der Waals surface area contributed by atoms with E-state index < -0.39 is 0 Å². The Morgan fingerprint density at radius 1 is 1.04 bits per heavy atom. The number of aromatic nitrogens is 2. The summed E-state index contributed by atoms with van der Waals surface area (Å²) >= 11 is 0. The zero-order valence-electron chi connectivity index (χ0n) is 15.2. The van der Waals surface area contributed by atoms with Crippen LogP contribution in [-0.2, 0) is 0 Å². The summed E-state index contributed by atoms with van der Waals surface area (Å²) in [6, 6.07) is 14.6. The number of rotatable bonds is 4. The smallest absolute Gasteiger partial charge is 0.259 e. The Morgan fingerprint density at radius 3 is 2.38 bits per heavy atom. The zero-order chi connectivity index (χ0) is 18.7. The molecule has 1 aromatic heterocycles. The third-order valence-corrected chi connectivity index (χ3v) is 3.66. The first kappa shape index (κ1) is 17.7. The van der Waals surface area contributed by atoms with Gasteiger partial charge < -0.3 is 14.6 Å². The largest absolute Gasteiger partial charge is 0.496 e. The van der Waals surface area contributed by atoms with Crippen LogP contribution in [-0.4, -0.2) is 28.7 Å². The topological polar surface area (TPSA) is 77.2 Å². The molecule has 0 radical (unpaired) electrons. The van der Waals surface area contributed by atoms with Crippen molar-refractivity contribution in [3.63, 3.8) is 0 Å². The van der Waals surface area contributed by atoms with Gasteiger partial charge in [-0.1, -0.05) is 29.4 Å². The van der Waals surface area contributed by atoms with Gasteiger partial charge in [-0.15, -0.1) is 0 Å². The molecule has 0 aliphatic rings. The van der Waals surface area contributed by atoms with Gasteiger partial charge in [-0.05, 0) is 45.0 Å². The Kier molecular flexibility index (Phi) is 4.75. The Labute approximate surface area is 152 Å². The van der Waals surface area contributed by atoms with Gasteiger partial charge in [0.05, 0.1) is 23.8 Å². The number of carbonyl (C=O) groups excluding carboxylic acids is 1. The van der Waals surface area contributed by atoms with Crippen molar-refractivity contribution < 1.29 is 14.1 Å². The lowest BCUT2D eigenvalue weighted by molar-refractivity contribution is 0.0920. The standard InChI is InChI=1S/C20H21N3O3/c1-20(2,3)22-18(24)13-9-5-6-10-14(13)19-21-17(23-26-19)15-11-7-8-12-16(15)25-4/h5-12H,1-4H3,(H,22,24). The van der Waals surface area contributed by atoms with Crippen molar-refractivity contribution in [1.82, 2.24) is 15.5 Å². The van der Waals surface area contributed by atoms with Gasteiger partial charge in [-0.2, -0.15) is 4.98 Å². The molecule has 134 valence electrons. The van der Waals surface area contributed by atoms with E-state index in [2.05, 4.69) is 15.5 Å². The van der Waals surface area contributed by atoms with Crippen molar-refractivity contribution in [1.29, 1.82) is 0 Å². The summed E-state index contributed by atoms with van der Waals surface area (Å²) in [6.07, 6.45) is 0. The molecule has 0 aliphatic heterocycles. The van der Waals surface area contributed by atoms with Gasteiger partial charge in [0.25, 0.3) is 11.8 Å². The fourth-order valence-corrected chi connectivity index (χ4v) is 2.55. The lowest BCUT2D eigenvalue weighted by atomic mass is 10.0. The monoisotopic (exact) mass is 351 g/mol. The number of para-hydroxylation sites is 1. The SMILES string of the molecule is COc1ccccc1-c1noc(-c2ccccc2C(=O)NC(C)(C)C)n1. The number of nitrogens with one attached hydrogen (secondary N) is 1. The van der Waals surface area contributed by atoms with Gasteiger partial charge in [-0.3, -0.25) is 4.79 Å². The maximum absolute atomic E-state index is 12.6. The Bertz CT molecular complexity index is 926. The first-order valence-electron chi connectivity index (χ1n) is 8.28. The van der Waals surface area contributed by atoms with Crippen LogP contribution in [0.4, 0.5) is 0 Å². The quantitative estimate of drug-likeness (QED) is 0.770. The summed E-state index contributed by atoms with van der Waals surface area (Å²) in [4.78, 5) is 17.1. The minimum absolute atomic E-state index is 0.190. The van der Waals surface area contributed by atoms with Crippen molar-refractivity contribution in [2.24, 2.45) is 0 Å². The maximum Gasteiger partial charge on any atom is 0.259 e. The number of ether oxygens (including phenoxy) is 1. The van der Waals surface area contributed by atoms with E-state index in [1.165, 1.54) is 0 Å². The van der Waals surface area contributed by atoms with Crippen LogP contribution < -0.4 is 10.1 Å². The van der Waals surface area contributed by atoms with Crippen molar-refractivity contribution in [2.45, 2.75) is 26.3 Å². The predicted octanol–water partition coefficient (Wildman–Crippen LogP) is 3.94. The first-order valence-corrected chi connectivity index (χ1v) is 8.28. The molecule has 1 heterocycles. The summed E-state index contributed by atoms with van der Waals surface area (Å²) in [5.74, 6) is 1.15. The van der Waals surface area contributed by atoms with Crippen molar-refractivity contribution in [3.05, 3.63) is 54.1 Å². The molecule has 1 N–H and O–H groups in total. The molecular weight excluding hydrogens is 330 g/mol. The van der Waals surface area contributed by atoms with Crippen LogP contribution in [0.2, 0.25) is 0 Å². The zero-order valence-corrected chi connectivity index (χ0v) is 15.2. The molecule has 0 fully saturated rings. The molecule has 26 heavy (non-hydrogen) atoms. The fourth-order valence-electron chi connectivity index (χ4n) is 2.55. The van der Waals surface area contributed by atoms with E-state index in [1.807, 2.05) is 51.1 Å². The molecule has 3 rings (SSSR count). The molecule has 0 unspecified atom stereocenters. The van der Waals surface area contributed by atoms with E-state index in [4.69, 9.17) is 9.26 Å². The van der Waals surface area contributed by atoms with E-state index in [0.717, 1.165) is 5.56 Å². The molecule has 0 saturated carbocycles. The average molecular weight is 351 g/mol. The minimum Gasteiger partial charge on any atom is -0.496 e. The van der Waals surface area contributed by atoms with Gasteiger partial charge in [0.2, 0.25) is 5.82 Å². The Morgan fingerprint density at radius 2 is 1.69 bits per heavy atom. The van der Waals surface area contributed by atoms with E-state index in [9.17, 15) is 4.79 Å². The van der Waals surface area contributed by atoms with Crippen LogP contribution in [0.1, 0.15) is 31.1 Å². The molecule has 0 atom stereocenters. The van der Waals surface area contributed by atoms with Crippen LogP contribution in [0, 0.1) is 0 Å². The summed E-state index contributed by atoms with van der Waals surface area (Å²) in [6.45, 7) is 5.79. The molecule has 2 aromatic carbocycles. The van der Waals surface area contributed by atoms with E-state index in [1.54, 1.807) is 25.3 Å². The summed E-state index contributed by atoms with van der Waals surface area (Å²) in [5, 5.41) is 7.00. The lowest BCUT2D eigenvalue weighted by Crippen LogP contribution is -2.40. The first-order chi connectivity index (χ1) is 12.4. The van der Waals surface area contributed by atoms with E-state index in [-0.39, 0.29) is 17.3 Å². The number of hydrogen-bond donors (Lipinski definition) is 1. The molecule has 0 saturated heterocycles. The number of nitrogens with zero attached hydrogens (tertiary/aromatic N) is 2. The highest BCUT2D eigenvalue weighted by Crippen LogP contribution is 2.30. The summed E-state index contributed by atoms with van der Waals surface area (Å²) in [5.41, 5.74) is 1.45. The minimum atomic E-state index is -0.346. The summed E-state index contributed by atoms with van der Waals surface area (Å²) < 4.78 is 10.8. The highest BCUT2D eigenvalue weighted by atomic mass is 16.5. The van der Waals surface area contributed by atoms with Gasteiger partial charge in [0, 0.05) is 5.54 Å². The second-order valence-corrected chi connectivity index (χ2v) is 6.87. The van der Waals surface area contributed by atoms with Gasteiger partial charge in [-0.25, -0.2) is 0 Å². The van der Waals surface area contributed by atoms with E-state index in [0.29, 0.717) is 22.7 Å². The average Bonchev–Trinajstić information content (AvgIpc) is 3.10. The third kappa shape index (κ3) is 3.74. The van der Waals surface area contributed by atoms with Gasteiger partial charge in [0.15, 0.2) is 0 Å². The Balaban J connectivity index is 1.99. The van der Waals surface area contributed by atoms with Crippen LogP contribution in [0.25, 0.3) is 22.8 Å². The number of hydrogen-bond acceptors (Lipinski definition) is 5. The number of methoxy groups -OCH3 is 1. The Hall–Kier alpha value is -3.15. The summed E-state index contributed by atoms with van der Waals surface area (Å²) in [7, 11) is 1.59. The fraction of sp³-hybridized carbons (Fsp3) is 0.250. The lowest BCUT2D eigenvalue weighted by Gasteiger charge is -2.21. The van der Waals surface area contributed by atoms with Gasteiger partial charge in [0.1, 0.15) is 5.75 Å². The molecule has 0 bridgehead atoms. The molecule has 0 spiro atoms. The highest BCUT2D eigenvalue weighted by molar-refractivity contribution is 6.00. The number of carbonyl (C=O) groups is 1.